The van der Waals surface area contributed by atoms with Gasteiger partial charge in [0.2, 0.25) is 5.91 Å². The van der Waals surface area contributed by atoms with Crippen molar-refractivity contribution < 1.29 is 18.7 Å². The number of nitrogens with zero attached hydrogens (tertiary/aromatic N) is 1. The van der Waals surface area contributed by atoms with Crippen LogP contribution in [0.5, 0.6) is 0 Å². The molecule has 0 spiro atoms. The first-order valence-electron chi connectivity index (χ1n) is 10.4. The first kappa shape index (κ1) is 21.7. The molecule has 1 atom stereocenters. The topological polar surface area (TPSA) is 89.2 Å². The third kappa shape index (κ3) is 4.13. The standard InChI is InChI=1S/C24H23F2N3O3/c1-14(19-13-27-24(32)18-12-21(26)20(25)11-17(18)19)29(7-4-8-30)23(31)10-16-9-15-5-2-3-6-22(15)28-16/h2-3,5-6,9,11-14,28,30H,4,7-8,10H2,1H3,(H,27,32)/t14-/m0/s1. The van der Waals surface area contributed by atoms with Gasteiger partial charge >= 0.3 is 0 Å². The van der Waals surface area contributed by atoms with Crippen molar-refractivity contribution in [3.63, 3.8) is 0 Å². The van der Waals surface area contributed by atoms with E-state index in [1.54, 1.807) is 11.8 Å². The number of benzene rings is 2. The molecule has 8 heteroatoms. The Bertz CT molecular complexity index is 1310. The van der Waals surface area contributed by atoms with Gasteiger partial charge in [-0.2, -0.15) is 0 Å². The predicted molar refractivity (Wildman–Crippen MR) is 118 cm³/mol. The number of halogens is 2. The summed E-state index contributed by atoms with van der Waals surface area (Å²) in [5.74, 6) is -2.37. The summed E-state index contributed by atoms with van der Waals surface area (Å²) in [4.78, 5) is 32.8. The molecule has 0 radical (unpaired) electrons. The molecule has 0 aliphatic rings. The molecule has 0 saturated carbocycles. The van der Waals surface area contributed by atoms with E-state index >= 15 is 0 Å². The zero-order valence-corrected chi connectivity index (χ0v) is 17.5. The van der Waals surface area contributed by atoms with E-state index in [-0.39, 0.29) is 36.3 Å². The Kier molecular flexibility index (Phi) is 6.05. The number of pyridine rings is 1. The average molecular weight is 439 g/mol. The minimum absolute atomic E-state index is 0.0124. The molecule has 2 aromatic carbocycles. The lowest BCUT2D eigenvalue weighted by atomic mass is 10.0. The van der Waals surface area contributed by atoms with E-state index in [9.17, 15) is 23.5 Å². The van der Waals surface area contributed by atoms with Gasteiger partial charge < -0.3 is 20.0 Å². The van der Waals surface area contributed by atoms with Gasteiger partial charge in [-0.15, -0.1) is 0 Å². The molecule has 32 heavy (non-hydrogen) atoms. The molecular weight excluding hydrogens is 416 g/mol. The van der Waals surface area contributed by atoms with Crippen molar-refractivity contribution in [2.45, 2.75) is 25.8 Å². The summed E-state index contributed by atoms with van der Waals surface area (Å²) >= 11 is 0. The van der Waals surface area contributed by atoms with Gasteiger partial charge in [0.05, 0.1) is 17.8 Å². The van der Waals surface area contributed by atoms with Crippen LogP contribution in [0.3, 0.4) is 0 Å². The average Bonchev–Trinajstić information content (AvgIpc) is 3.17. The van der Waals surface area contributed by atoms with Gasteiger partial charge in [-0.25, -0.2) is 8.78 Å². The Balaban J connectivity index is 1.69. The largest absolute Gasteiger partial charge is 0.396 e. The predicted octanol–water partition coefficient (Wildman–Crippen LogP) is 3.80. The number of hydrogen-bond acceptors (Lipinski definition) is 3. The Morgan fingerprint density at radius 1 is 1.12 bits per heavy atom. The Morgan fingerprint density at radius 2 is 1.84 bits per heavy atom. The number of hydrogen-bond donors (Lipinski definition) is 3. The highest BCUT2D eigenvalue weighted by Gasteiger charge is 2.24. The molecular formula is C24H23F2N3O3. The minimum atomic E-state index is -1.11. The van der Waals surface area contributed by atoms with E-state index in [2.05, 4.69) is 9.97 Å². The van der Waals surface area contributed by atoms with E-state index in [0.29, 0.717) is 12.0 Å². The number of rotatable bonds is 7. The number of aromatic nitrogens is 2. The third-order valence-electron chi connectivity index (χ3n) is 5.70. The first-order chi connectivity index (χ1) is 15.4. The summed E-state index contributed by atoms with van der Waals surface area (Å²) in [6.07, 6.45) is 1.89. The Hall–Kier alpha value is -3.52. The highest BCUT2D eigenvalue weighted by Crippen LogP contribution is 2.28. The molecule has 0 fully saturated rings. The van der Waals surface area contributed by atoms with Crippen LogP contribution in [0.25, 0.3) is 21.7 Å². The summed E-state index contributed by atoms with van der Waals surface area (Å²) in [5, 5.41) is 10.6. The maximum Gasteiger partial charge on any atom is 0.255 e. The van der Waals surface area contributed by atoms with Gasteiger partial charge in [0, 0.05) is 30.6 Å². The number of amides is 1. The van der Waals surface area contributed by atoms with Crippen molar-refractivity contribution in [1.29, 1.82) is 0 Å². The number of H-pyrrole nitrogens is 2. The van der Waals surface area contributed by atoms with Crippen LogP contribution in [0.15, 0.2) is 53.5 Å². The van der Waals surface area contributed by atoms with Crippen molar-refractivity contribution >= 4 is 27.6 Å². The van der Waals surface area contributed by atoms with Gasteiger partial charge in [0.25, 0.3) is 5.56 Å². The SMILES string of the molecule is C[C@@H](c1c[nH]c(=O)c2cc(F)c(F)cc12)N(CCCO)C(=O)Cc1cc2ccccc2[nH]1. The molecule has 166 valence electrons. The van der Waals surface area contributed by atoms with Crippen LogP contribution < -0.4 is 5.56 Å². The van der Waals surface area contributed by atoms with Crippen LogP contribution in [-0.4, -0.2) is 39.0 Å². The smallest absolute Gasteiger partial charge is 0.255 e. The van der Waals surface area contributed by atoms with Crippen LogP contribution >= 0.6 is 0 Å². The van der Waals surface area contributed by atoms with Crippen molar-refractivity contribution in [3.05, 3.63) is 81.9 Å². The van der Waals surface area contributed by atoms with Gasteiger partial charge in [-0.1, -0.05) is 18.2 Å². The van der Waals surface area contributed by atoms with Gasteiger partial charge in [-0.3, -0.25) is 9.59 Å². The van der Waals surface area contributed by atoms with E-state index in [1.807, 2.05) is 30.3 Å². The summed E-state index contributed by atoms with van der Waals surface area (Å²) in [7, 11) is 0. The molecule has 0 saturated heterocycles. The second kappa shape index (κ2) is 8.92. The van der Waals surface area contributed by atoms with Gasteiger partial charge in [0.15, 0.2) is 11.6 Å². The second-order valence-corrected chi connectivity index (χ2v) is 7.78. The summed E-state index contributed by atoms with van der Waals surface area (Å²) < 4.78 is 27.7. The maximum atomic E-state index is 14.0. The zero-order chi connectivity index (χ0) is 22.8. The Labute approximate surface area is 182 Å². The van der Waals surface area contributed by atoms with Crippen LogP contribution in [0.4, 0.5) is 8.78 Å². The van der Waals surface area contributed by atoms with E-state index in [0.717, 1.165) is 28.7 Å². The molecule has 0 unspecified atom stereocenters. The van der Waals surface area contributed by atoms with Crippen molar-refractivity contribution in [3.8, 4) is 0 Å². The molecule has 2 aromatic heterocycles. The van der Waals surface area contributed by atoms with Gasteiger partial charge in [-0.05, 0) is 53.9 Å². The molecule has 0 aliphatic heterocycles. The normalized spacial score (nSPS) is 12.4. The lowest BCUT2D eigenvalue weighted by molar-refractivity contribution is -0.132. The molecule has 4 aromatic rings. The maximum absolute atomic E-state index is 14.0. The van der Waals surface area contributed by atoms with Crippen molar-refractivity contribution in [2.24, 2.45) is 0 Å². The van der Waals surface area contributed by atoms with Crippen LogP contribution in [0.1, 0.15) is 30.6 Å². The molecule has 2 heterocycles. The number of carbonyl (C=O) groups excluding carboxylic acids is 1. The van der Waals surface area contributed by atoms with Crippen LogP contribution in [0, 0.1) is 11.6 Å². The van der Waals surface area contributed by atoms with Crippen molar-refractivity contribution in [1.82, 2.24) is 14.9 Å². The lowest BCUT2D eigenvalue weighted by Crippen LogP contribution is -2.36. The number of aromatic amines is 2. The van der Waals surface area contributed by atoms with Gasteiger partial charge in [0.1, 0.15) is 0 Å². The Morgan fingerprint density at radius 3 is 2.56 bits per heavy atom. The summed E-state index contributed by atoms with van der Waals surface area (Å²) in [6.45, 7) is 1.92. The number of aliphatic hydroxyl groups excluding tert-OH is 1. The summed E-state index contributed by atoms with van der Waals surface area (Å²) in [5.41, 5.74) is 1.62. The number of nitrogens with one attached hydrogen (secondary N) is 2. The molecule has 0 aliphatic carbocycles. The quantitative estimate of drug-likeness (QED) is 0.409. The number of aliphatic hydroxyl groups is 1. The fraction of sp³-hybridized carbons (Fsp3) is 0.250. The number of para-hydroxylation sites is 1. The third-order valence-corrected chi connectivity index (χ3v) is 5.70. The zero-order valence-electron chi connectivity index (χ0n) is 17.5. The molecule has 1 amide bonds. The van der Waals surface area contributed by atoms with E-state index in [4.69, 9.17) is 0 Å². The molecule has 4 rings (SSSR count). The van der Waals surface area contributed by atoms with E-state index < -0.39 is 23.2 Å². The second-order valence-electron chi connectivity index (χ2n) is 7.78. The molecule has 3 N–H and O–H groups in total. The molecule has 0 bridgehead atoms. The fourth-order valence-corrected chi connectivity index (χ4v) is 4.05. The number of carbonyl (C=O) groups is 1. The fourth-order valence-electron chi connectivity index (χ4n) is 4.05. The number of fused-ring (bicyclic) bond motifs is 2. The molecule has 6 nitrogen and oxygen atoms in total. The summed E-state index contributed by atoms with van der Waals surface area (Å²) in [6, 6.07) is 10.9. The van der Waals surface area contributed by atoms with E-state index in [1.165, 1.54) is 6.20 Å². The first-order valence-corrected chi connectivity index (χ1v) is 10.4. The lowest BCUT2D eigenvalue weighted by Gasteiger charge is -2.30. The highest BCUT2D eigenvalue weighted by molar-refractivity contribution is 5.87. The highest BCUT2D eigenvalue weighted by atomic mass is 19.2. The van der Waals surface area contributed by atoms with Crippen molar-refractivity contribution in [2.75, 3.05) is 13.2 Å². The minimum Gasteiger partial charge on any atom is -0.396 e. The van der Waals surface area contributed by atoms with Crippen LogP contribution in [0.2, 0.25) is 0 Å². The van der Waals surface area contributed by atoms with Crippen LogP contribution in [-0.2, 0) is 11.2 Å². The monoisotopic (exact) mass is 439 g/mol.